The van der Waals surface area contributed by atoms with Gasteiger partial charge in [0.2, 0.25) is 5.91 Å². The van der Waals surface area contributed by atoms with E-state index in [1.54, 1.807) is 4.90 Å². The molecule has 0 heterocycles. The maximum atomic E-state index is 11.5. The summed E-state index contributed by atoms with van der Waals surface area (Å²) >= 11 is 0. The van der Waals surface area contributed by atoms with E-state index in [1.807, 2.05) is 0 Å². The second-order valence-electron chi connectivity index (χ2n) is 8.63. The largest absolute Gasteiger partial charge is 0.480 e. The molecule has 33 heavy (non-hydrogen) atoms. The molecule has 0 aromatic carbocycles. The fourth-order valence-corrected chi connectivity index (χ4v) is 3.44. The Labute approximate surface area is 201 Å². The molecule has 0 aliphatic heterocycles. The van der Waals surface area contributed by atoms with Gasteiger partial charge in [0.05, 0.1) is 19.8 Å². The summed E-state index contributed by atoms with van der Waals surface area (Å²) < 4.78 is 0. The molecule has 0 aromatic rings. The molecule has 0 unspecified atom stereocenters. The van der Waals surface area contributed by atoms with Gasteiger partial charge >= 0.3 is 5.97 Å². The summed E-state index contributed by atoms with van der Waals surface area (Å²) in [7, 11) is 0. The van der Waals surface area contributed by atoms with Gasteiger partial charge < -0.3 is 25.7 Å². The Balaban J connectivity index is 0. The van der Waals surface area contributed by atoms with E-state index >= 15 is 0 Å². The third kappa shape index (κ3) is 26.9. The van der Waals surface area contributed by atoms with Crippen molar-refractivity contribution in [1.29, 1.82) is 0 Å². The van der Waals surface area contributed by atoms with E-state index in [2.05, 4.69) is 12.2 Å². The van der Waals surface area contributed by atoms with Crippen molar-refractivity contribution in [2.24, 2.45) is 0 Å². The number of carboxylic acids is 1. The molecule has 0 saturated heterocycles. The predicted molar refractivity (Wildman–Crippen MR) is 133 cm³/mol. The number of amides is 1. The first-order valence-electron chi connectivity index (χ1n) is 13.0. The van der Waals surface area contributed by atoms with Crippen molar-refractivity contribution in [2.45, 2.75) is 110 Å². The molecule has 0 saturated carbocycles. The molecular formula is C25H52N2O6. The van der Waals surface area contributed by atoms with E-state index in [9.17, 15) is 9.59 Å². The number of aliphatic carboxylic acids is 1. The van der Waals surface area contributed by atoms with E-state index in [4.69, 9.17) is 20.4 Å². The molecule has 0 fully saturated rings. The Kier molecular flexibility index (Phi) is 27.8. The second kappa shape index (κ2) is 27.0. The van der Waals surface area contributed by atoms with E-state index in [-0.39, 0.29) is 25.7 Å². The lowest BCUT2D eigenvalue weighted by Gasteiger charge is -2.17. The molecule has 8 nitrogen and oxygen atoms in total. The minimum Gasteiger partial charge on any atom is -0.480 e. The second-order valence-corrected chi connectivity index (χ2v) is 8.63. The third-order valence-electron chi connectivity index (χ3n) is 5.50. The maximum absolute atomic E-state index is 11.5. The fourth-order valence-electron chi connectivity index (χ4n) is 3.44. The van der Waals surface area contributed by atoms with Gasteiger partial charge in [-0.15, -0.1) is 0 Å². The number of aliphatic hydroxyl groups is 3. The number of carbonyl (C=O) groups excluding carboxylic acids is 1. The quantitative estimate of drug-likeness (QED) is 0.152. The van der Waals surface area contributed by atoms with Crippen LogP contribution in [0.5, 0.6) is 0 Å². The molecule has 0 rings (SSSR count). The molecule has 198 valence electrons. The highest BCUT2D eigenvalue weighted by molar-refractivity contribution is 5.83. The Hall–Kier alpha value is -1.22. The molecule has 0 aromatic heterocycles. The van der Waals surface area contributed by atoms with Crippen molar-refractivity contribution in [2.75, 3.05) is 39.5 Å². The van der Waals surface area contributed by atoms with Crippen LogP contribution in [-0.4, -0.2) is 82.7 Å². The topological polar surface area (TPSA) is 130 Å². The summed E-state index contributed by atoms with van der Waals surface area (Å²) in [6.07, 6.45) is 17.1. The van der Waals surface area contributed by atoms with Crippen molar-refractivity contribution < 1.29 is 30.0 Å². The van der Waals surface area contributed by atoms with E-state index in [0.717, 1.165) is 12.8 Å². The van der Waals surface area contributed by atoms with Crippen molar-refractivity contribution in [3.8, 4) is 0 Å². The molecule has 0 spiro atoms. The zero-order valence-electron chi connectivity index (χ0n) is 21.3. The van der Waals surface area contributed by atoms with Crippen LogP contribution in [-0.2, 0) is 9.59 Å². The Morgan fingerprint density at radius 3 is 1.39 bits per heavy atom. The van der Waals surface area contributed by atoms with Crippen LogP contribution >= 0.6 is 0 Å². The number of hydrogen-bond acceptors (Lipinski definition) is 6. The number of nitrogens with zero attached hydrogens (tertiary/aromatic N) is 1. The zero-order chi connectivity index (χ0) is 25.2. The van der Waals surface area contributed by atoms with Crippen LogP contribution in [0.2, 0.25) is 0 Å². The average Bonchev–Trinajstić information content (AvgIpc) is 2.78. The predicted octanol–water partition coefficient (Wildman–Crippen LogP) is 3.32. The molecule has 5 N–H and O–H groups in total. The number of aliphatic hydroxyl groups excluding tert-OH is 3. The standard InChI is InChI=1S/C19H37NO3.C6H15NO3/c1-3-4-5-6-7-8-9-10-11-12-13-14-15-16-18(21)20-17(2)19(22)23;8-4-1-7(2-5-9)3-6-10/h17H,3-16H2,1-2H3,(H,20,21)(H,22,23);8-10H,1-6H2/t17-;/m0./s1. The van der Waals surface area contributed by atoms with Crippen molar-refractivity contribution >= 4 is 11.9 Å². The van der Waals surface area contributed by atoms with Gasteiger partial charge in [-0.3, -0.25) is 14.5 Å². The Bertz CT molecular complexity index is 423. The van der Waals surface area contributed by atoms with Gasteiger partial charge in [-0.05, 0) is 13.3 Å². The van der Waals surface area contributed by atoms with Gasteiger partial charge in [-0.25, -0.2) is 0 Å². The maximum Gasteiger partial charge on any atom is 0.325 e. The molecule has 8 heteroatoms. The fraction of sp³-hybridized carbons (Fsp3) is 0.920. The number of carboxylic acid groups (broad SMARTS) is 1. The number of nitrogens with one attached hydrogen (secondary N) is 1. The lowest BCUT2D eigenvalue weighted by Crippen LogP contribution is -2.38. The zero-order valence-corrected chi connectivity index (χ0v) is 21.3. The van der Waals surface area contributed by atoms with Crippen LogP contribution in [0.4, 0.5) is 0 Å². The van der Waals surface area contributed by atoms with Crippen LogP contribution in [0, 0.1) is 0 Å². The summed E-state index contributed by atoms with van der Waals surface area (Å²) in [5.41, 5.74) is 0. The SMILES string of the molecule is CCCCCCCCCCCCCCCC(=O)N[C@@H](C)C(=O)O.OCCN(CCO)CCO. The van der Waals surface area contributed by atoms with E-state index < -0.39 is 12.0 Å². The number of unbranched alkanes of at least 4 members (excludes halogenated alkanes) is 12. The van der Waals surface area contributed by atoms with Gasteiger partial charge in [0.15, 0.2) is 0 Å². The van der Waals surface area contributed by atoms with Gasteiger partial charge in [-0.2, -0.15) is 0 Å². The highest BCUT2D eigenvalue weighted by Gasteiger charge is 2.13. The molecular weight excluding hydrogens is 424 g/mol. The lowest BCUT2D eigenvalue weighted by atomic mass is 10.0. The van der Waals surface area contributed by atoms with Crippen LogP contribution in [0.25, 0.3) is 0 Å². The smallest absolute Gasteiger partial charge is 0.325 e. The van der Waals surface area contributed by atoms with Crippen LogP contribution in [0.1, 0.15) is 104 Å². The lowest BCUT2D eigenvalue weighted by molar-refractivity contribution is -0.141. The van der Waals surface area contributed by atoms with Crippen molar-refractivity contribution in [3.63, 3.8) is 0 Å². The number of hydrogen-bond donors (Lipinski definition) is 5. The Morgan fingerprint density at radius 2 is 1.06 bits per heavy atom. The first-order chi connectivity index (χ1) is 15.9. The van der Waals surface area contributed by atoms with Gasteiger partial charge in [0, 0.05) is 26.1 Å². The minimum atomic E-state index is -0.983. The van der Waals surface area contributed by atoms with E-state index in [1.165, 1.54) is 77.6 Å². The summed E-state index contributed by atoms with van der Waals surface area (Å²) in [4.78, 5) is 23.9. The molecule has 1 amide bonds. The van der Waals surface area contributed by atoms with Crippen molar-refractivity contribution in [3.05, 3.63) is 0 Å². The van der Waals surface area contributed by atoms with Crippen molar-refractivity contribution in [1.82, 2.24) is 10.2 Å². The van der Waals surface area contributed by atoms with Crippen LogP contribution in [0.15, 0.2) is 0 Å². The molecule has 0 bridgehead atoms. The number of carbonyl (C=O) groups is 2. The summed E-state index contributed by atoms with van der Waals surface area (Å²) in [5, 5.41) is 36.6. The highest BCUT2D eigenvalue weighted by Crippen LogP contribution is 2.12. The van der Waals surface area contributed by atoms with Crippen LogP contribution in [0.3, 0.4) is 0 Å². The monoisotopic (exact) mass is 476 g/mol. The summed E-state index contributed by atoms with van der Waals surface area (Å²) in [6, 6.07) is -0.788. The molecule has 0 aliphatic rings. The minimum absolute atomic E-state index is 0.0694. The normalized spacial score (nSPS) is 11.7. The molecule has 0 aliphatic carbocycles. The van der Waals surface area contributed by atoms with Crippen LogP contribution < -0.4 is 5.32 Å². The third-order valence-corrected chi connectivity index (χ3v) is 5.50. The van der Waals surface area contributed by atoms with E-state index in [0.29, 0.717) is 26.1 Å². The first kappa shape index (κ1) is 34.0. The molecule has 1 atom stereocenters. The highest BCUT2D eigenvalue weighted by atomic mass is 16.4. The van der Waals surface area contributed by atoms with Gasteiger partial charge in [0.25, 0.3) is 0 Å². The number of rotatable bonds is 22. The average molecular weight is 477 g/mol. The summed E-state index contributed by atoms with van der Waals surface area (Å²) in [5.74, 6) is -1.13. The summed E-state index contributed by atoms with van der Waals surface area (Å²) in [6.45, 7) is 5.50. The van der Waals surface area contributed by atoms with Gasteiger partial charge in [0.1, 0.15) is 6.04 Å². The molecule has 0 radical (unpaired) electrons. The Morgan fingerprint density at radius 1 is 0.697 bits per heavy atom. The van der Waals surface area contributed by atoms with Gasteiger partial charge in [-0.1, -0.05) is 84.0 Å². The first-order valence-corrected chi connectivity index (χ1v) is 13.0.